The van der Waals surface area contributed by atoms with Gasteiger partial charge in [-0.1, -0.05) is 43.5 Å². The topological polar surface area (TPSA) is 51.6 Å². The molecule has 2 aliphatic rings. The van der Waals surface area contributed by atoms with Crippen LogP contribution in [0.5, 0.6) is 0 Å². The second kappa shape index (κ2) is 8.36. The summed E-state index contributed by atoms with van der Waals surface area (Å²) >= 11 is 0. The largest absolute Gasteiger partial charge is 0.264 e. The maximum atomic E-state index is 4.38. The van der Waals surface area contributed by atoms with E-state index in [0.717, 1.165) is 56.0 Å². The molecule has 0 saturated carbocycles. The van der Waals surface area contributed by atoms with Gasteiger partial charge < -0.3 is 0 Å². The molecular weight excluding hydrogens is 392 g/mol. The molecule has 0 aromatic carbocycles. The van der Waals surface area contributed by atoms with Crippen LogP contribution >= 0.6 is 0 Å². The molecule has 152 valence electrons. The van der Waals surface area contributed by atoms with Gasteiger partial charge in [0.2, 0.25) is 0 Å². The van der Waals surface area contributed by atoms with E-state index >= 15 is 0 Å². The molecule has 0 fully saturated rings. The van der Waals surface area contributed by atoms with Gasteiger partial charge in [-0.3, -0.25) is 19.9 Å². The summed E-state index contributed by atoms with van der Waals surface area (Å²) in [5.41, 5.74) is 10.2. The van der Waals surface area contributed by atoms with E-state index in [1.165, 1.54) is 0 Å². The molecule has 0 amide bonds. The van der Waals surface area contributed by atoms with Gasteiger partial charge in [-0.05, 0) is 47.6 Å². The highest BCUT2D eigenvalue weighted by Crippen LogP contribution is 2.31. The number of rotatable bonds is 0. The van der Waals surface area contributed by atoms with Crippen molar-refractivity contribution >= 4 is 35.5 Å². The first-order valence-corrected chi connectivity index (χ1v) is 10.3. The van der Waals surface area contributed by atoms with E-state index < -0.39 is 0 Å². The van der Waals surface area contributed by atoms with Crippen molar-refractivity contribution in [2.45, 2.75) is 0 Å². The zero-order valence-electron chi connectivity index (χ0n) is 17.4. The standard InChI is InChI=1S/2C14H10N2/c1-10-12-5-3-8-15-13(12)7-6-11-4-2-9-16-14(10)11;1-10-12-3-2-7-16-14(12)5-4-11-6-8-15-9-13(10)11/h2*2-9H,1H2. The summed E-state index contributed by atoms with van der Waals surface area (Å²) in [5, 5.41) is 0. The predicted molar refractivity (Wildman–Crippen MR) is 131 cm³/mol. The third-order valence-corrected chi connectivity index (χ3v) is 5.47. The number of fused-ring (bicyclic) bond motifs is 4. The van der Waals surface area contributed by atoms with Crippen LogP contribution in [0, 0.1) is 0 Å². The molecule has 4 heterocycles. The normalized spacial score (nSPS) is 12.9. The molecular formula is C28H20N4. The van der Waals surface area contributed by atoms with Gasteiger partial charge in [-0.2, -0.15) is 0 Å². The van der Waals surface area contributed by atoms with Crippen molar-refractivity contribution in [1.29, 1.82) is 0 Å². The lowest BCUT2D eigenvalue weighted by Gasteiger charge is -2.07. The minimum atomic E-state index is 0.934. The van der Waals surface area contributed by atoms with Gasteiger partial charge in [-0.25, -0.2) is 0 Å². The van der Waals surface area contributed by atoms with Crippen molar-refractivity contribution < 1.29 is 0 Å². The zero-order chi connectivity index (χ0) is 21.9. The highest BCUT2D eigenvalue weighted by molar-refractivity contribution is 5.92. The van der Waals surface area contributed by atoms with Crippen LogP contribution in [0.15, 0.2) is 86.6 Å². The molecule has 4 aromatic heterocycles. The first-order valence-electron chi connectivity index (χ1n) is 10.3. The van der Waals surface area contributed by atoms with Gasteiger partial charge in [0, 0.05) is 58.8 Å². The monoisotopic (exact) mass is 412 g/mol. The van der Waals surface area contributed by atoms with Crippen molar-refractivity contribution in [1.82, 2.24) is 19.9 Å². The van der Waals surface area contributed by atoms with Crippen LogP contribution in [0.25, 0.3) is 35.5 Å². The van der Waals surface area contributed by atoms with E-state index in [1.807, 2.05) is 66.9 Å². The summed E-state index contributed by atoms with van der Waals surface area (Å²) in [7, 11) is 0. The van der Waals surface area contributed by atoms with Crippen LogP contribution in [-0.2, 0) is 0 Å². The minimum Gasteiger partial charge on any atom is -0.264 e. The molecule has 32 heavy (non-hydrogen) atoms. The summed E-state index contributed by atoms with van der Waals surface area (Å²) < 4.78 is 0. The van der Waals surface area contributed by atoms with Crippen LogP contribution < -0.4 is 0 Å². The zero-order valence-corrected chi connectivity index (χ0v) is 17.4. The Balaban J connectivity index is 0.000000135. The number of hydrogen-bond donors (Lipinski definition) is 0. The van der Waals surface area contributed by atoms with E-state index in [-0.39, 0.29) is 0 Å². The molecule has 0 radical (unpaired) electrons. The quantitative estimate of drug-likeness (QED) is 0.305. The Labute approximate surface area is 187 Å². The number of pyridine rings is 4. The number of hydrogen-bond acceptors (Lipinski definition) is 4. The Morgan fingerprint density at radius 3 is 1.91 bits per heavy atom. The molecule has 4 nitrogen and oxygen atoms in total. The fourth-order valence-corrected chi connectivity index (χ4v) is 3.83. The summed E-state index contributed by atoms with van der Waals surface area (Å²) in [4.78, 5) is 17.2. The van der Waals surface area contributed by atoms with E-state index in [2.05, 4.69) is 39.2 Å². The number of nitrogens with zero attached hydrogens (tertiary/aromatic N) is 4. The molecule has 0 atom stereocenters. The lowest BCUT2D eigenvalue weighted by molar-refractivity contribution is 1.24. The maximum absolute atomic E-state index is 4.38. The van der Waals surface area contributed by atoms with Crippen molar-refractivity contribution in [3.8, 4) is 0 Å². The Kier molecular flexibility index (Phi) is 5.10. The molecule has 2 aliphatic carbocycles. The first kappa shape index (κ1) is 19.5. The fraction of sp³-hybridized carbons (Fsp3) is 0. The van der Waals surface area contributed by atoms with Gasteiger partial charge in [0.25, 0.3) is 0 Å². The van der Waals surface area contributed by atoms with Gasteiger partial charge in [-0.15, -0.1) is 0 Å². The van der Waals surface area contributed by atoms with Crippen molar-refractivity contribution in [2.24, 2.45) is 0 Å². The van der Waals surface area contributed by atoms with Gasteiger partial charge >= 0.3 is 0 Å². The van der Waals surface area contributed by atoms with Gasteiger partial charge in [0.05, 0.1) is 17.1 Å². The predicted octanol–water partition coefficient (Wildman–Crippen LogP) is 6.04. The van der Waals surface area contributed by atoms with Crippen LogP contribution in [0.1, 0.15) is 44.9 Å². The van der Waals surface area contributed by atoms with Crippen molar-refractivity contribution in [2.75, 3.05) is 0 Å². The average molecular weight is 412 g/mol. The van der Waals surface area contributed by atoms with Crippen LogP contribution in [0.4, 0.5) is 0 Å². The van der Waals surface area contributed by atoms with E-state index in [9.17, 15) is 0 Å². The third kappa shape index (κ3) is 3.59. The Morgan fingerprint density at radius 1 is 0.531 bits per heavy atom. The van der Waals surface area contributed by atoms with Gasteiger partial charge in [0.15, 0.2) is 0 Å². The highest BCUT2D eigenvalue weighted by Gasteiger charge is 2.14. The molecule has 0 aliphatic heterocycles. The Morgan fingerprint density at radius 2 is 1.16 bits per heavy atom. The lowest BCUT2D eigenvalue weighted by atomic mass is 9.99. The van der Waals surface area contributed by atoms with Gasteiger partial charge in [0.1, 0.15) is 0 Å². The molecule has 0 bridgehead atoms. The molecule has 6 rings (SSSR count). The van der Waals surface area contributed by atoms with Crippen molar-refractivity contribution in [3.63, 3.8) is 0 Å². The van der Waals surface area contributed by atoms with Crippen LogP contribution in [0.3, 0.4) is 0 Å². The summed E-state index contributed by atoms with van der Waals surface area (Å²) in [5.74, 6) is 0. The average Bonchev–Trinajstić information content (AvgIpc) is 3.09. The summed E-state index contributed by atoms with van der Waals surface area (Å²) in [6.45, 7) is 8.25. The summed E-state index contributed by atoms with van der Waals surface area (Å²) in [6, 6.07) is 13.9. The van der Waals surface area contributed by atoms with Crippen molar-refractivity contribution in [3.05, 3.63) is 132 Å². The maximum Gasteiger partial charge on any atom is 0.0775 e. The SMILES string of the molecule is C=C1c2cccnc2C=Cc2cccnc21.C=C1c2cnccc2C=Cc2ncccc21. The molecule has 0 N–H and O–H groups in total. The minimum absolute atomic E-state index is 0.934. The fourth-order valence-electron chi connectivity index (χ4n) is 3.83. The Hall–Kier alpha value is -4.44. The second-order valence-corrected chi connectivity index (χ2v) is 7.40. The molecule has 0 spiro atoms. The first-order chi connectivity index (χ1) is 15.7. The van der Waals surface area contributed by atoms with E-state index in [4.69, 9.17) is 0 Å². The Bertz CT molecular complexity index is 1200. The number of aromatic nitrogens is 4. The smallest absolute Gasteiger partial charge is 0.0775 e. The molecule has 4 heteroatoms. The van der Waals surface area contributed by atoms with Crippen LogP contribution in [-0.4, -0.2) is 19.9 Å². The lowest BCUT2D eigenvalue weighted by Crippen LogP contribution is -1.94. The summed E-state index contributed by atoms with van der Waals surface area (Å²) in [6.07, 6.45) is 17.1. The highest BCUT2D eigenvalue weighted by atomic mass is 14.7. The van der Waals surface area contributed by atoms with Crippen LogP contribution in [0.2, 0.25) is 0 Å². The molecule has 0 unspecified atom stereocenters. The molecule has 0 saturated heterocycles. The van der Waals surface area contributed by atoms with E-state index in [0.29, 0.717) is 0 Å². The molecule has 4 aromatic rings. The van der Waals surface area contributed by atoms with E-state index in [1.54, 1.807) is 24.8 Å². The third-order valence-electron chi connectivity index (χ3n) is 5.47. The second-order valence-electron chi connectivity index (χ2n) is 7.40.